The van der Waals surface area contributed by atoms with Gasteiger partial charge in [-0.05, 0) is 138 Å². The second-order valence-electron chi connectivity index (χ2n) is 13.7. The zero-order chi connectivity index (χ0) is 54.2. The van der Waals surface area contributed by atoms with Gasteiger partial charge in [-0.15, -0.1) is 0 Å². The molecule has 10 aromatic rings. The first-order chi connectivity index (χ1) is 36.3. The summed E-state index contributed by atoms with van der Waals surface area (Å²) in [5.41, 5.74) is 2.45. The maximum absolute atomic E-state index is 9.84. The van der Waals surface area contributed by atoms with Gasteiger partial charge in [-0.25, -0.2) is 0 Å². The fraction of sp³-hybridized carbons (Fsp3) is 0. The maximum atomic E-state index is 9.84. The maximum Gasteiger partial charge on any atom is 0.0651 e. The summed E-state index contributed by atoms with van der Waals surface area (Å²) in [5, 5.41) is 1.64. The number of hydrogen-bond donors (Lipinski definition) is 0. The van der Waals surface area contributed by atoms with Crippen molar-refractivity contribution in [1.29, 1.82) is 0 Å². The van der Waals surface area contributed by atoms with Crippen LogP contribution in [0.15, 0.2) is 248 Å². The van der Waals surface area contributed by atoms with Crippen LogP contribution in [0.1, 0.15) is 23.3 Å². The predicted octanol–water partition coefficient (Wildman–Crippen LogP) is 16.3. The highest BCUT2D eigenvalue weighted by Gasteiger charge is 2.16. The summed E-state index contributed by atoms with van der Waals surface area (Å²) in [5.74, 6) is 0. The second kappa shape index (κ2) is 16.0. The van der Waals surface area contributed by atoms with Crippen molar-refractivity contribution < 1.29 is 23.3 Å². The predicted molar refractivity (Wildman–Crippen MR) is 251 cm³/mol. The third-order valence-electron chi connectivity index (χ3n) is 9.94. The molecule has 0 unspecified atom stereocenters. The van der Waals surface area contributed by atoms with Crippen LogP contribution in [0, 0.1) is 0 Å². The van der Waals surface area contributed by atoms with Crippen LogP contribution in [0.25, 0.3) is 77.5 Å². The van der Waals surface area contributed by atoms with E-state index in [2.05, 4.69) is 6.07 Å². The van der Waals surface area contributed by atoms with E-state index in [-0.39, 0.29) is 16.9 Å². The molecule has 0 fully saturated rings. The molecule has 10 aromatic carbocycles. The van der Waals surface area contributed by atoms with Crippen molar-refractivity contribution in [3.63, 3.8) is 0 Å². The van der Waals surface area contributed by atoms with Crippen molar-refractivity contribution >= 4 is 27.8 Å². The molecule has 0 aliphatic carbocycles. The SMILES string of the molecule is [2H]c1c([2H])c([2H])c(-c2c([2H])c([2H])c(-c3c([2H])c([2H])c(N(c4ccc(-c5cc(-c6ccccc6)cc(-c6ccccc6)c5)cc4)c4c([2H])c([2H])c([2H])c(-c5ccc6ccccc6c5)c4[2H])c([2H])c3[2H])c([2H])c2[2H])c([2H])c1[2H]. The summed E-state index contributed by atoms with van der Waals surface area (Å²) in [7, 11) is 0. The Labute approximate surface area is 370 Å². The Hall–Kier alpha value is -7.74. The first-order valence-electron chi connectivity index (χ1n) is 27.4. The Kier molecular flexibility index (Phi) is 5.89. The number of hydrogen-bond acceptors (Lipinski definition) is 1. The van der Waals surface area contributed by atoms with Gasteiger partial charge >= 0.3 is 0 Å². The molecule has 0 bridgehead atoms. The number of anilines is 3. The highest BCUT2D eigenvalue weighted by molar-refractivity contribution is 5.89. The number of fused-ring (bicyclic) bond motifs is 1. The van der Waals surface area contributed by atoms with Gasteiger partial charge in [0.05, 0.1) is 23.3 Å². The van der Waals surface area contributed by atoms with Crippen LogP contribution in [0.5, 0.6) is 0 Å². The number of nitrogens with zero attached hydrogens (tertiary/aromatic N) is 1. The molecule has 0 saturated carbocycles. The van der Waals surface area contributed by atoms with Gasteiger partial charge in [0.2, 0.25) is 0 Å². The van der Waals surface area contributed by atoms with Gasteiger partial charge in [0, 0.05) is 17.1 Å². The first kappa shape index (κ1) is 21.7. The molecule has 0 atom stereocenters. The molecule has 0 spiro atoms. The van der Waals surface area contributed by atoms with Crippen molar-refractivity contribution in [3.05, 3.63) is 248 Å². The number of benzene rings is 10. The molecule has 1 nitrogen and oxygen atoms in total. The van der Waals surface area contributed by atoms with Gasteiger partial charge in [0.25, 0.3) is 0 Å². The monoisotopic (exact) mass is 768 g/mol. The van der Waals surface area contributed by atoms with Gasteiger partial charge < -0.3 is 4.90 Å². The third kappa shape index (κ3) is 7.58. The summed E-state index contributed by atoms with van der Waals surface area (Å²) >= 11 is 0. The first-order valence-corrected chi connectivity index (χ1v) is 18.9. The van der Waals surface area contributed by atoms with Crippen molar-refractivity contribution in [2.24, 2.45) is 0 Å². The molecule has 10 rings (SSSR count). The largest absolute Gasteiger partial charge is 0.310 e. The zero-order valence-electron chi connectivity index (χ0n) is 48.3. The number of rotatable bonds is 9. The smallest absolute Gasteiger partial charge is 0.0651 e. The lowest BCUT2D eigenvalue weighted by Crippen LogP contribution is -2.10. The van der Waals surface area contributed by atoms with E-state index < -0.39 is 131 Å². The summed E-state index contributed by atoms with van der Waals surface area (Å²) in [6, 6.07) is 32.8. The Bertz CT molecular complexity index is 3870. The molecule has 59 heavy (non-hydrogen) atoms. The molecule has 0 aromatic heterocycles. The van der Waals surface area contributed by atoms with Crippen LogP contribution in [0.2, 0.25) is 0 Å². The van der Waals surface area contributed by atoms with E-state index in [0.717, 1.165) is 44.2 Å². The van der Waals surface area contributed by atoms with Crippen LogP contribution in [0.3, 0.4) is 0 Å². The fourth-order valence-corrected chi connectivity index (χ4v) is 6.98. The van der Waals surface area contributed by atoms with Gasteiger partial charge in [0.1, 0.15) is 0 Å². The van der Waals surface area contributed by atoms with Crippen LogP contribution >= 0.6 is 0 Å². The van der Waals surface area contributed by atoms with Crippen LogP contribution in [0.4, 0.5) is 17.1 Å². The zero-order valence-corrected chi connectivity index (χ0v) is 31.3. The molecule has 0 aliphatic rings. The topological polar surface area (TPSA) is 3.24 Å². The minimum atomic E-state index is -0.873. The van der Waals surface area contributed by atoms with Gasteiger partial charge in [-0.1, -0.05) is 188 Å². The minimum absolute atomic E-state index is 0.0377. The Morgan fingerprint density at radius 1 is 0.254 bits per heavy atom. The molecule has 0 N–H and O–H groups in total. The summed E-state index contributed by atoms with van der Waals surface area (Å²) in [6.07, 6.45) is 0. The van der Waals surface area contributed by atoms with E-state index in [9.17, 15) is 8.22 Å². The molecular weight excluding hydrogens is 711 g/mol. The van der Waals surface area contributed by atoms with E-state index in [1.54, 1.807) is 42.5 Å². The van der Waals surface area contributed by atoms with Gasteiger partial charge in [0.15, 0.2) is 0 Å². The average Bonchev–Trinajstić information content (AvgIpc) is 3.47. The van der Waals surface area contributed by atoms with E-state index >= 15 is 0 Å². The van der Waals surface area contributed by atoms with E-state index in [1.165, 1.54) is 4.90 Å². The van der Waals surface area contributed by atoms with Gasteiger partial charge in [-0.3, -0.25) is 0 Å². The average molecular weight is 769 g/mol. The lowest BCUT2D eigenvalue weighted by atomic mass is 9.93. The molecule has 278 valence electrons. The lowest BCUT2D eigenvalue weighted by Gasteiger charge is -2.26. The Balaban J connectivity index is 1.21. The molecule has 0 amide bonds. The quantitative estimate of drug-likeness (QED) is 0.141. The van der Waals surface area contributed by atoms with E-state index in [1.807, 2.05) is 97.1 Å². The standard InChI is InChI=1S/C58H41N/c1-4-13-42(14-5-1)46-23-25-47(26-24-46)48-29-33-56(34-30-48)59(58-22-12-21-51(41-58)52-28-27-45-19-10-11-20-50(45)37-52)57-35-31-49(32-36-57)55-39-53(43-15-6-2-7-16-43)38-54(40-55)44-17-8-3-9-18-44/h1-41H/i1D,4D,5D,12D,13D,14D,21D,22D,23D,24D,25D,26D,29D,30D,33D,34D,41D. The summed E-state index contributed by atoms with van der Waals surface area (Å²) in [6.45, 7) is 0. The summed E-state index contributed by atoms with van der Waals surface area (Å²) in [4.78, 5) is 1.17. The minimum Gasteiger partial charge on any atom is -0.310 e. The third-order valence-corrected chi connectivity index (χ3v) is 9.94. The van der Waals surface area contributed by atoms with Crippen LogP contribution in [-0.4, -0.2) is 0 Å². The highest BCUT2D eigenvalue weighted by atomic mass is 15.1. The van der Waals surface area contributed by atoms with E-state index in [0.29, 0.717) is 5.56 Å². The van der Waals surface area contributed by atoms with Crippen molar-refractivity contribution in [2.45, 2.75) is 0 Å². The second-order valence-corrected chi connectivity index (χ2v) is 13.7. The molecular formula is C58H41N. The Morgan fingerprint density at radius 3 is 1.32 bits per heavy atom. The highest BCUT2D eigenvalue weighted by Crippen LogP contribution is 2.40. The van der Waals surface area contributed by atoms with E-state index in [4.69, 9.17) is 15.1 Å². The summed E-state index contributed by atoms with van der Waals surface area (Å²) < 4.78 is 154. The van der Waals surface area contributed by atoms with Crippen molar-refractivity contribution in [3.8, 4) is 66.8 Å². The molecule has 0 aliphatic heterocycles. The van der Waals surface area contributed by atoms with Crippen molar-refractivity contribution in [2.75, 3.05) is 4.90 Å². The molecule has 0 radical (unpaired) electrons. The van der Waals surface area contributed by atoms with Crippen molar-refractivity contribution in [1.82, 2.24) is 0 Å². The van der Waals surface area contributed by atoms with Gasteiger partial charge in [-0.2, -0.15) is 0 Å². The lowest BCUT2D eigenvalue weighted by molar-refractivity contribution is 1.28. The Morgan fingerprint density at radius 2 is 0.729 bits per heavy atom. The molecule has 0 heterocycles. The van der Waals surface area contributed by atoms with Crippen LogP contribution in [-0.2, 0) is 0 Å². The normalized spacial score (nSPS) is 15.1. The molecule has 1 heteroatoms. The van der Waals surface area contributed by atoms with Crippen LogP contribution < -0.4 is 4.90 Å². The molecule has 0 saturated heterocycles. The fourth-order valence-electron chi connectivity index (χ4n) is 6.98.